The summed E-state index contributed by atoms with van der Waals surface area (Å²) in [7, 11) is 0. The Morgan fingerprint density at radius 3 is 3.19 bits per heavy atom. The van der Waals surface area contributed by atoms with E-state index >= 15 is 0 Å². The number of anilines is 1. The normalized spacial score (nSPS) is 16.9. The third-order valence-corrected chi connectivity index (χ3v) is 3.85. The van der Waals surface area contributed by atoms with Crippen LogP contribution < -0.4 is 10.6 Å². The Bertz CT molecular complexity index is 594. The first kappa shape index (κ1) is 13.7. The molecule has 1 atom stereocenters. The highest BCUT2D eigenvalue weighted by atomic mass is 16.1. The van der Waals surface area contributed by atoms with E-state index in [1.165, 1.54) is 0 Å². The van der Waals surface area contributed by atoms with Gasteiger partial charge in [-0.05, 0) is 24.5 Å². The van der Waals surface area contributed by atoms with Crippen molar-refractivity contribution in [1.82, 2.24) is 14.9 Å². The summed E-state index contributed by atoms with van der Waals surface area (Å²) in [6.45, 7) is 2.43. The Balaban J connectivity index is 1.52. The molecule has 1 aromatic carbocycles. The fraction of sp³-hybridized carbons (Fsp3) is 0.375. The maximum Gasteiger partial charge on any atom is 0.227 e. The number of aromatic nitrogens is 2. The van der Waals surface area contributed by atoms with Crippen LogP contribution >= 0.6 is 0 Å². The predicted molar refractivity (Wildman–Crippen MR) is 82.1 cm³/mol. The summed E-state index contributed by atoms with van der Waals surface area (Å²) in [4.78, 5) is 16.4. The van der Waals surface area contributed by atoms with Gasteiger partial charge in [0, 0.05) is 37.7 Å². The summed E-state index contributed by atoms with van der Waals surface area (Å²) in [6.07, 6.45) is 7.26. The molecule has 0 bridgehead atoms. The standard InChI is InChI=1S/C16H20N4O/c21-16(19-7-3-10-20-11-9-17-12-20)14-6-8-18-15-5-2-1-4-13(14)15/h1-2,4-5,9,11-12,14,18H,3,6-8,10H2,(H,19,21). The summed E-state index contributed by atoms with van der Waals surface area (Å²) < 4.78 is 2.02. The van der Waals surface area contributed by atoms with Crippen molar-refractivity contribution in [3.05, 3.63) is 48.5 Å². The van der Waals surface area contributed by atoms with E-state index < -0.39 is 0 Å². The zero-order chi connectivity index (χ0) is 14.5. The molecule has 2 aromatic rings. The van der Waals surface area contributed by atoms with E-state index in [-0.39, 0.29) is 11.8 Å². The summed E-state index contributed by atoms with van der Waals surface area (Å²) in [6, 6.07) is 8.06. The number of hydrogen-bond donors (Lipinski definition) is 2. The molecule has 110 valence electrons. The van der Waals surface area contributed by atoms with Crippen molar-refractivity contribution in [2.45, 2.75) is 25.3 Å². The van der Waals surface area contributed by atoms with Gasteiger partial charge in [0.2, 0.25) is 5.91 Å². The Morgan fingerprint density at radius 2 is 2.33 bits per heavy atom. The van der Waals surface area contributed by atoms with Crippen molar-refractivity contribution in [3.8, 4) is 0 Å². The molecule has 1 aromatic heterocycles. The van der Waals surface area contributed by atoms with Gasteiger partial charge in [-0.15, -0.1) is 0 Å². The number of imidazole rings is 1. The Kier molecular flexibility index (Phi) is 4.19. The molecule has 1 amide bonds. The average Bonchev–Trinajstić information content (AvgIpc) is 3.04. The molecule has 0 fully saturated rings. The maximum atomic E-state index is 12.4. The maximum absolute atomic E-state index is 12.4. The lowest BCUT2D eigenvalue weighted by Crippen LogP contribution is -2.33. The average molecular weight is 284 g/mol. The van der Waals surface area contributed by atoms with Gasteiger partial charge < -0.3 is 15.2 Å². The van der Waals surface area contributed by atoms with Crippen LogP contribution in [0.2, 0.25) is 0 Å². The molecule has 3 rings (SSSR count). The van der Waals surface area contributed by atoms with Crippen molar-refractivity contribution in [3.63, 3.8) is 0 Å². The number of benzene rings is 1. The number of para-hydroxylation sites is 1. The zero-order valence-corrected chi connectivity index (χ0v) is 12.0. The number of nitrogens with zero attached hydrogens (tertiary/aromatic N) is 2. The van der Waals surface area contributed by atoms with Gasteiger partial charge in [0.25, 0.3) is 0 Å². The minimum Gasteiger partial charge on any atom is -0.385 e. The van der Waals surface area contributed by atoms with Gasteiger partial charge in [-0.25, -0.2) is 4.98 Å². The molecule has 1 aliphatic heterocycles. The van der Waals surface area contributed by atoms with Gasteiger partial charge in [0.15, 0.2) is 0 Å². The molecule has 0 radical (unpaired) electrons. The summed E-state index contributed by atoms with van der Waals surface area (Å²) in [5.74, 6) is 0.102. The van der Waals surface area contributed by atoms with Gasteiger partial charge in [0.1, 0.15) is 0 Å². The highest BCUT2D eigenvalue weighted by Gasteiger charge is 2.25. The van der Waals surface area contributed by atoms with E-state index in [2.05, 4.69) is 15.6 Å². The van der Waals surface area contributed by atoms with Crippen LogP contribution in [0.1, 0.15) is 24.3 Å². The minimum atomic E-state index is -0.0318. The lowest BCUT2D eigenvalue weighted by atomic mass is 9.90. The Morgan fingerprint density at radius 1 is 1.43 bits per heavy atom. The van der Waals surface area contributed by atoms with Crippen molar-refractivity contribution >= 4 is 11.6 Å². The molecule has 2 N–H and O–H groups in total. The largest absolute Gasteiger partial charge is 0.385 e. The molecule has 0 saturated carbocycles. The van der Waals surface area contributed by atoms with Crippen molar-refractivity contribution in [1.29, 1.82) is 0 Å². The van der Waals surface area contributed by atoms with E-state index in [4.69, 9.17) is 0 Å². The van der Waals surface area contributed by atoms with Gasteiger partial charge in [-0.1, -0.05) is 18.2 Å². The second kappa shape index (κ2) is 6.43. The summed E-state index contributed by atoms with van der Waals surface area (Å²) in [5, 5.41) is 6.40. The second-order valence-corrected chi connectivity index (χ2v) is 5.30. The van der Waals surface area contributed by atoms with Crippen LogP contribution in [-0.4, -0.2) is 28.5 Å². The molecule has 5 nitrogen and oxygen atoms in total. The first-order valence-electron chi connectivity index (χ1n) is 7.41. The number of carbonyl (C=O) groups is 1. The molecule has 2 heterocycles. The van der Waals surface area contributed by atoms with Gasteiger partial charge in [-0.3, -0.25) is 4.79 Å². The van der Waals surface area contributed by atoms with Crippen molar-refractivity contribution in [2.24, 2.45) is 0 Å². The summed E-state index contributed by atoms with van der Waals surface area (Å²) >= 11 is 0. The number of amides is 1. The molecule has 0 spiro atoms. The van der Waals surface area contributed by atoms with Crippen LogP contribution in [0.25, 0.3) is 0 Å². The molecule has 0 saturated heterocycles. The van der Waals surface area contributed by atoms with Crippen molar-refractivity contribution < 1.29 is 4.79 Å². The lowest BCUT2D eigenvalue weighted by molar-refractivity contribution is -0.122. The van der Waals surface area contributed by atoms with Crippen molar-refractivity contribution in [2.75, 3.05) is 18.4 Å². The van der Waals surface area contributed by atoms with Crippen LogP contribution in [0.4, 0.5) is 5.69 Å². The Hall–Kier alpha value is -2.30. The van der Waals surface area contributed by atoms with Crippen LogP contribution in [0.15, 0.2) is 43.0 Å². The molecule has 1 unspecified atom stereocenters. The quantitative estimate of drug-likeness (QED) is 0.826. The second-order valence-electron chi connectivity index (χ2n) is 5.30. The van der Waals surface area contributed by atoms with Crippen LogP contribution in [0.5, 0.6) is 0 Å². The fourth-order valence-corrected chi connectivity index (χ4v) is 2.76. The molecular formula is C16H20N4O. The number of fused-ring (bicyclic) bond motifs is 1. The van der Waals surface area contributed by atoms with E-state index in [1.807, 2.05) is 35.0 Å². The molecule has 5 heteroatoms. The molecular weight excluding hydrogens is 264 g/mol. The van der Waals surface area contributed by atoms with E-state index in [0.29, 0.717) is 6.54 Å². The van der Waals surface area contributed by atoms with Gasteiger partial charge in [0.05, 0.1) is 12.2 Å². The van der Waals surface area contributed by atoms with Crippen LogP contribution in [0.3, 0.4) is 0 Å². The third-order valence-electron chi connectivity index (χ3n) is 3.85. The van der Waals surface area contributed by atoms with E-state index in [1.54, 1.807) is 12.5 Å². The molecule has 21 heavy (non-hydrogen) atoms. The smallest absolute Gasteiger partial charge is 0.227 e. The van der Waals surface area contributed by atoms with Crippen LogP contribution in [0, 0.1) is 0 Å². The number of hydrogen-bond acceptors (Lipinski definition) is 3. The topological polar surface area (TPSA) is 59.0 Å². The molecule has 1 aliphatic rings. The predicted octanol–water partition coefficient (Wildman–Crippen LogP) is 1.99. The fourth-order valence-electron chi connectivity index (χ4n) is 2.76. The summed E-state index contributed by atoms with van der Waals surface area (Å²) in [5.41, 5.74) is 2.19. The number of carbonyl (C=O) groups excluding carboxylic acids is 1. The van der Waals surface area contributed by atoms with E-state index in [9.17, 15) is 4.79 Å². The Labute approximate surface area is 124 Å². The van der Waals surface area contributed by atoms with E-state index in [0.717, 1.165) is 37.2 Å². The molecule has 0 aliphatic carbocycles. The SMILES string of the molecule is O=C(NCCCn1ccnc1)C1CCNc2ccccc21. The lowest BCUT2D eigenvalue weighted by Gasteiger charge is -2.25. The number of aryl methyl sites for hydroxylation is 1. The third kappa shape index (κ3) is 3.24. The zero-order valence-electron chi connectivity index (χ0n) is 12.0. The van der Waals surface area contributed by atoms with Gasteiger partial charge >= 0.3 is 0 Å². The first-order valence-corrected chi connectivity index (χ1v) is 7.41. The number of nitrogens with one attached hydrogen (secondary N) is 2. The minimum absolute atomic E-state index is 0.0318. The van der Waals surface area contributed by atoms with Gasteiger partial charge in [-0.2, -0.15) is 0 Å². The highest BCUT2D eigenvalue weighted by Crippen LogP contribution is 2.31. The first-order chi connectivity index (χ1) is 10.3. The monoisotopic (exact) mass is 284 g/mol. The van der Waals surface area contributed by atoms with Crippen LogP contribution in [-0.2, 0) is 11.3 Å². The highest BCUT2D eigenvalue weighted by molar-refractivity contribution is 5.86. The number of rotatable bonds is 5.